The predicted octanol–water partition coefficient (Wildman–Crippen LogP) is 1.65. The zero-order valence-electron chi connectivity index (χ0n) is 11.3. The molecule has 0 aromatic carbocycles. The van der Waals surface area contributed by atoms with Crippen LogP contribution in [0.3, 0.4) is 0 Å². The summed E-state index contributed by atoms with van der Waals surface area (Å²) < 4.78 is 0. The highest BCUT2D eigenvalue weighted by Crippen LogP contribution is 2.17. The normalized spacial score (nSPS) is 13.3. The fourth-order valence-corrected chi connectivity index (χ4v) is 1.40. The standard InChI is InChI=1S/C14H22N2O2/c1-14(2,3)13(18)10-15-9-7-12(17)11-6-4-5-8-16-11/h4-6,8,13,15,18H,7,9-10H2,1-3H3. The fourth-order valence-electron chi connectivity index (χ4n) is 1.40. The van der Waals surface area contributed by atoms with Crippen LogP contribution >= 0.6 is 0 Å². The van der Waals surface area contributed by atoms with Crippen molar-refractivity contribution < 1.29 is 9.90 Å². The molecule has 0 bridgehead atoms. The van der Waals surface area contributed by atoms with Gasteiger partial charge in [-0.3, -0.25) is 9.78 Å². The van der Waals surface area contributed by atoms with Crippen LogP contribution in [0.5, 0.6) is 0 Å². The van der Waals surface area contributed by atoms with E-state index in [0.717, 1.165) is 0 Å². The van der Waals surface area contributed by atoms with Crippen LogP contribution in [0.15, 0.2) is 24.4 Å². The Kier molecular flexibility index (Phi) is 5.44. The first kappa shape index (κ1) is 14.8. The minimum Gasteiger partial charge on any atom is -0.391 e. The zero-order valence-corrected chi connectivity index (χ0v) is 11.3. The SMILES string of the molecule is CC(C)(C)C(O)CNCCC(=O)c1ccccn1. The number of nitrogens with one attached hydrogen (secondary N) is 1. The van der Waals surface area contributed by atoms with Crippen molar-refractivity contribution in [2.24, 2.45) is 5.41 Å². The van der Waals surface area contributed by atoms with E-state index < -0.39 is 6.10 Å². The van der Waals surface area contributed by atoms with E-state index in [1.54, 1.807) is 24.4 Å². The molecule has 0 aliphatic heterocycles. The van der Waals surface area contributed by atoms with Gasteiger partial charge in [0.15, 0.2) is 5.78 Å². The molecule has 0 fully saturated rings. The van der Waals surface area contributed by atoms with Crippen molar-refractivity contribution >= 4 is 5.78 Å². The molecule has 1 heterocycles. The summed E-state index contributed by atoms with van der Waals surface area (Å²) in [6.45, 7) is 7.01. The van der Waals surface area contributed by atoms with Crippen LogP contribution in [0.2, 0.25) is 0 Å². The number of rotatable bonds is 6. The third-order valence-electron chi connectivity index (χ3n) is 2.82. The van der Waals surface area contributed by atoms with Crippen molar-refractivity contribution in [2.75, 3.05) is 13.1 Å². The van der Waals surface area contributed by atoms with E-state index in [-0.39, 0.29) is 11.2 Å². The second-order valence-electron chi connectivity index (χ2n) is 5.47. The van der Waals surface area contributed by atoms with Gasteiger partial charge in [-0.2, -0.15) is 0 Å². The lowest BCUT2D eigenvalue weighted by Crippen LogP contribution is -2.37. The predicted molar refractivity (Wildman–Crippen MR) is 71.5 cm³/mol. The van der Waals surface area contributed by atoms with Gasteiger partial charge in [0.2, 0.25) is 0 Å². The lowest BCUT2D eigenvalue weighted by atomic mass is 9.89. The Morgan fingerprint density at radius 3 is 2.72 bits per heavy atom. The Labute approximate surface area is 108 Å². The summed E-state index contributed by atoms with van der Waals surface area (Å²) in [5.74, 6) is 0.0216. The Bertz CT molecular complexity index is 371. The zero-order chi connectivity index (χ0) is 13.6. The highest BCUT2D eigenvalue weighted by molar-refractivity contribution is 5.94. The van der Waals surface area contributed by atoms with E-state index >= 15 is 0 Å². The molecule has 4 nitrogen and oxygen atoms in total. The summed E-state index contributed by atoms with van der Waals surface area (Å²) in [7, 11) is 0. The summed E-state index contributed by atoms with van der Waals surface area (Å²) >= 11 is 0. The molecule has 1 atom stereocenters. The smallest absolute Gasteiger partial charge is 0.182 e. The number of hydrogen-bond donors (Lipinski definition) is 2. The topological polar surface area (TPSA) is 62.2 Å². The van der Waals surface area contributed by atoms with Gasteiger partial charge in [0.1, 0.15) is 5.69 Å². The van der Waals surface area contributed by atoms with Crippen LogP contribution in [0.25, 0.3) is 0 Å². The maximum absolute atomic E-state index is 11.7. The second-order valence-corrected chi connectivity index (χ2v) is 5.47. The Morgan fingerprint density at radius 1 is 1.44 bits per heavy atom. The number of Topliss-reactive ketones (excluding diaryl/α,β-unsaturated/α-hetero) is 1. The van der Waals surface area contributed by atoms with Crippen LogP contribution < -0.4 is 5.32 Å². The Morgan fingerprint density at radius 2 is 2.17 bits per heavy atom. The highest BCUT2D eigenvalue weighted by Gasteiger charge is 2.21. The molecule has 2 N–H and O–H groups in total. The fraction of sp³-hybridized carbons (Fsp3) is 0.571. The number of carbonyl (C=O) groups excluding carboxylic acids is 1. The number of aliphatic hydroxyl groups excluding tert-OH is 1. The van der Waals surface area contributed by atoms with Crippen molar-refractivity contribution in [3.05, 3.63) is 30.1 Å². The van der Waals surface area contributed by atoms with Gasteiger partial charge in [-0.05, 0) is 17.5 Å². The van der Waals surface area contributed by atoms with Gasteiger partial charge in [-0.25, -0.2) is 0 Å². The molecule has 1 aromatic heterocycles. The van der Waals surface area contributed by atoms with Crippen LogP contribution in [0.1, 0.15) is 37.7 Å². The molecular weight excluding hydrogens is 228 g/mol. The summed E-state index contributed by atoms with van der Waals surface area (Å²) in [5.41, 5.74) is 0.355. The molecule has 0 saturated heterocycles. The van der Waals surface area contributed by atoms with Crippen LogP contribution in [0.4, 0.5) is 0 Å². The molecule has 1 aromatic rings. The van der Waals surface area contributed by atoms with E-state index in [4.69, 9.17) is 0 Å². The van der Waals surface area contributed by atoms with E-state index in [9.17, 15) is 9.90 Å². The molecule has 0 aliphatic rings. The lowest BCUT2D eigenvalue weighted by Gasteiger charge is -2.25. The molecular formula is C14H22N2O2. The maximum atomic E-state index is 11.7. The lowest BCUT2D eigenvalue weighted by molar-refractivity contribution is 0.0628. The van der Waals surface area contributed by atoms with E-state index in [1.807, 2.05) is 20.8 Å². The molecule has 100 valence electrons. The Balaban J connectivity index is 2.25. The van der Waals surface area contributed by atoms with Gasteiger partial charge < -0.3 is 10.4 Å². The third-order valence-corrected chi connectivity index (χ3v) is 2.82. The van der Waals surface area contributed by atoms with Crippen LogP contribution in [-0.2, 0) is 0 Å². The monoisotopic (exact) mass is 250 g/mol. The van der Waals surface area contributed by atoms with Gasteiger partial charge >= 0.3 is 0 Å². The minimum atomic E-state index is -0.414. The molecule has 0 spiro atoms. The number of aromatic nitrogens is 1. The van der Waals surface area contributed by atoms with Crippen molar-refractivity contribution in [3.63, 3.8) is 0 Å². The highest BCUT2D eigenvalue weighted by atomic mass is 16.3. The van der Waals surface area contributed by atoms with Gasteiger partial charge in [0.25, 0.3) is 0 Å². The molecule has 0 aliphatic carbocycles. The minimum absolute atomic E-state index is 0.0216. The third kappa shape index (κ3) is 4.94. The van der Waals surface area contributed by atoms with Gasteiger partial charge in [-0.15, -0.1) is 0 Å². The first-order chi connectivity index (χ1) is 8.41. The quantitative estimate of drug-likeness (QED) is 0.595. The van der Waals surface area contributed by atoms with Crippen LogP contribution in [0, 0.1) is 5.41 Å². The van der Waals surface area contributed by atoms with E-state index in [2.05, 4.69) is 10.3 Å². The molecule has 0 radical (unpaired) electrons. The first-order valence-electron chi connectivity index (χ1n) is 6.24. The number of carbonyl (C=O) groups is 1. The molecule has 0 saturated carbocycles. The summed E-state index contributed by atoms with van der Waals surface area (Å²) in [5, 5.41) is 12.9. The molecule has 0 amide bonds. The van der Waals surface area contributed by atoms with E-state index in [0.29, 0.717) is 25.2 Å². The average Bonchev–Trinajstić information content (AvgIpc) is 2.34. The van der Waals surface area contributed by atoms with Crippen molar-refractivity contribution in [1.29, 1.82) is 0 Å². The maximum Gasteiger partial charge on any atom is 0.182 e. The average molecular weight is 250 g/mol. The molecule has 18 heavy (non-hydrogen) atoms. The van der Waals surface area contributed by atoms with Gasteiger partial charge in [-0.1, -0.05) is 26.8 Å². The molecule has 1 rings (SSSR count). The van der Waals surface area contributed by atoms with Crippen molar-refractivity contribution in [3.8, 4) is 0 Å². The molecule has 4 heteroatoms. The summed E-state index contributed by atoms with van der Waals surface area (Å²) in [6, 6.07) is 5.30. The number of pyridine rings is 1. The summed E-state index contributed by atoms with van der Waals surface area (Å²) in [6.07, 6.45) is 1.60. The number of nitrogens with zero attached hydrogens (tertiary/aromatic N) is 1. The largest absolute Gasteiger partial charge is 0.391 e. The van der Waals surface area contributed by atoms with E-state index in [1.165, 1.54) is 0 Å². The number of hydrogen-bond acceptors (Lipinski definition) is 4. The van der Waals surface area contributed by atoms with Crippen LogP contribution in [-0.4, -0.2) is 35.1 Å². The Hall–Kier alpha value is -1.26. The second kappa shape index (κ2) is 6.61. The number of ketones is 1. The van der Waals surface area contributed by atoms with Crippen molar-refractivity contribution in [1.82, 2.24) is 10.3 Å². The first-order valence-corrected chi connectivity index (χ1v) is 6.24. The number of aliphatic hydroxyl groups is 1. The van der Waals surface area contributed by atoms with Gasteiger partial charge in [0.05, 0.1) is 6.10 Å². The summed E-state index contributed by atoms with van der Waals surface area (Å²) in [4.78, 5) is 15.7. The molecule has 1 unspecified atom stereocenters. The van der Waals surface area contributed by atoms with Crippen molar-refractivity contribution in [2.45, 2.75) is 33.3 Å². The van der Waals surface area contributed by atoms with Gasteiger partial charge in [0, 0.05) is 25.7 Å².